The predicted molar refractivity (Wildman–Crippen MR) is 117 cm³/mol. The van der Waals surface area contributed by atoms with Crippen molar-refractivity contribution >= 4 is 11.5 Å². The number of aryl methyl sites for hydroxylation is 1. The lowest BCUT2D eigenvalue weighted by Gasteiger charge is -2.35. The van der Waals surface area contributed by atoms with Gasteiger partial charge in [-0.2, -0.15) is 5.26 Å². The number of allylic oxidation sites excluding steroid dienone is 2. The summed E-state index contributed by atoms with van der Waals surface area (Å²) in [5.74, 6) is 0.628. The molecule has 0 aromatic carbocycles. The Balaban J connectivity index is 1.92. The number of aromatic nitrogens is 1. The second-order valence-electron chi connectivity index (χ2n) is 8.93. The van der Waals surface area contributed by atoms with Crippen molar-refractivity contribution in [1.82, 2.24) is 15.2 Å². The molecule has 0 radical (unpaired) electrons. The Labute approximate surface area is 174 Å². The molecule has 0 bridgehead atoms. The molecule has 5 heteroatoms. The number of nitrogens with one attached hydrogen (secondary N) is 2. The van der Waals surface area contributed by atoms with Crippen molar-refractivity contribution in [3.8, 4) is 6.07 Å². The zero-order valence-electron chi connectivity index (χ0n) is 18.0. The van der Waals surface area contributed by atoms with Crippen molar-refractivity contribution in [1.29, 1.82) is 5.26 Å². The first-order valence-electron chi connectivity index (χ1n) is 10.4. The van der Waals surface area contributed by atoms with Gasteiger partial charge in [0.25, 0.3) is 0 Å². The molecule has 154 valence electrons. The third-order valence-electron chi connectivity index (χ3n) is 5.74. The minimum Gasteiger partial charge on any atom is -0.370 e. The van der Waals surface area contributed by atoms with Crippen LogP contribution in [0.2, 0.25) is 0 Å². The monoisotopic (exact) mass is 392 g/mol. The van der Waals surface area contributed by atoms with E-state index in [0.717, 1.165) is 37.3 Å². The first kappa shape index (κ1) is 21.0. The summed E-state index contributed by atoms with van der Waals surface area (Å²) in [4.78, 5) is 17.8. The van der Waals surface area contributed by atoms with E-state index >= 15 is 0 Å². The van der Waals surface area contributed by atoms with Crippen LogP contribution in [0.15, 0.2) is 42.3 Å². The Morgan fingerprint density at radius 2 is 2.21 bits per heavy atom. The highest BCUT2D eigenvalue weighted by Crippen LogP contribution is 2.36. The fourth-order valence-electron chi connectivity index (χ4n) is 3.97. The number of rotatable bonds is 7. The molecule has 29 heavy (non-hydrogen) atoms. The van der Waals surface area contributed by atoms with Gasteiger partial charge in [0.1, 0.15) is 0 Å². The van der Waals surface area contributed by atoms with E-state index in [-0.39, 0.29) is 17.7 Å². The van der Waals surface area contributed by atoms with Crippen molar-refractivity contribution in [3.63, 3.8) is 0 Å². The Bertz CT molecular complexity index is 892. The van der Waals surface area contributed by atoms with Crippen molar-refractivity contribution in [2.45, 2.75) is 52.5 Å². The van der Waals surface area contributed by atoms with Crippen molar-refractivity contribution < 1.29 is 4.79 Å². The zero-order valence-corrected chi connectivity index (χ0v) is 18.0. The molecule has 1 unspecified atom stereocenters. The Morgan fingerprint density at radius 3 is 2.76 bits per heavy atom. The minimum atomic E-state index is -0.444. The van der Waals surface area contributed by atoms with E-state index in [2.05, 4.69) is 73.8 Å². The summed E-state index contributed by atoms with van der Waals surface area (Å²) in [6.07, 6.45) is 8.76. The number of carbonyl (C=O) groups excluding carboxylic acids is 1. The van der Waals surface area contributed by atoms with Gasteiger partial charge in [-0.25, -0.2) is 0 Å². The van der Waals surface area contributed by atoms with Crippen LogP contribution in [-0.4, -0.2) is 34.4 Å². The molecule has 1 aromatic rings. The maximum absolute atomic E-state index is 12.4. The summed E-state index contributed by atoms with van der Waals surface area (Å²) >= 11 is 0. The van der Waals surface area contributed by atoms with Crippen LogP contribution in [0.5, 0.6) is 0 Å². The third kappa shape index (κ3) is 5.00. The number of nitriles is 1. The first-order chi connectivity index (χ1) is 13.7. The number of nitrogens with zero attached hydrogens (tertiary/aromatic N) is 2. The molecule has 2 aliphatic rings. The highest BCUT2D eigenvalue weighted by molar-refractivity contribution is 5.85. The number of carbonyl (C=O) groups is 1. The van der Waals surface area contributed by atoms with Crippen LogP contribution in [0.1, 0.15) is 51.3 Å². The van der Waals surface area contributed by atoms with E-state index in [1.807, 2.05) is 6.20 Å². The molecular formula is C24H32N4O. The normalized spacial score (nSPS) is 20.1. The fourth-order valence-corrected chi connectivity index (χ4v) is 3.97. The highest BCUT2D eigenvalue weighted by atomic mass is 16.2. The molecule has 1 atom stereocenters. The largest absolute Gasteiger partial charge is 0.370 e. The highest BCUT2D eigenvalue weighted by Gasteiger charge is 2.33. The molecular weight excluding hydrogens is 360 g/mol. The lowest BCUT2D eigenvalue weighted by atomic mass is 9.83. The number of H-pyrrole nitrogens is 1. The van der Waals surface area contributed by atoms with Crippen LogP contribution in [0.3, 0.4) is 0 Å². The maximum Gasteiger partial charge on any atom is 0.223 e. The van der Waals surface area contributed by atoms with Crippen LogP contribution in [-0.2, 0) is 4.79 Å². The molecule has 1 fully saturated rings. The van der Waals surface area contributed by atoms with Gasteiger partial charge >= 0.3 is 0 Å². The van der Waals surface area contributed by atoms with Crippen LogP contribution >= 0.6 is 0 Å². The Hall–Kier alpha value is -2.74. The minimum absolute atomic E-state index is 0.154. The van der Waals surface area contributed by atoms with E-state index in [0.29, 0.717) is 6.42 Å². The van der Waals surface area contributed by atoms with Gasteiger partial charge in [0.2, 0.25) is 5.91 Å². The third-order valence-corrected chi connectivity index (χ3v) is 5.74. The van der Waals surface area contributed by atoms with Crippen LogP contribution in [0.25, 0.3) is 5.57 Å². The summed E-state index contributed by atoms with van der Waals surface area (Å²) in [6.45, 7) is 14.0. The van der Waals surface area contributed by atoms with E-state index in [1.165, 1.54) is 16.7 Å². The summed E-state index contributed by atoms with van der Waals surface area (Å²) in [7, 11) is 0. The standard InChI is InChI=1S/C24H32N4O/c1-16-15-28(17(2)8-11-25)13-10-20(16)22(21-9-12-26-18(21)3)14-24(4,5)27-23(29)19-6-7-19/h9-10,12,14,16,19,26H,2,6-8,13,15H2,1,3-5H3,(H,27,29)/b22-14-. The molecule has 3 rings (SSSR count). The zero-order chi connectivity index (χ0) is 21.2. The van der Waals surface area contributed by atoms with Gasteiger partial charge in [-0.15, -0.1) is 0 Å². The van der Waals surface area contributed by atoms with E-state index in [1.54, 1.807) is 0 Å². The fraction of sp³-hybridized carbons (Fsp3) is 0.500. The van der Waals surface area contributed by atoms with Gasteiger partial charge in [-0.1, -0.05) is 25.7 Å². The second-order valence-corrected chi connectivity index (χ2v) is 8.93. The molecule has 0 saturated heterocycles. The van der Waals surface area contributed by atoms with E-state index < -0.39 is 5.54 Å². The molecule has 0 spiro atoms. The van der Waals surface area contributed by atoms with Crippen LogP contribution in [0, 0.1) is 30.1 Å². The maximum atomic E-state index is 12.4. The number of hydrogen-bond acceptors (Lipinski definition) is 3. The average Bonchev–Trinajstić information content (AvgIpc) is 3.42. The van der Waals surface area contributed by atoms with Crippen molar-refractivity contribution in [2.24, 2.45) is 11.8 Å². The summed E-state index contributed by atoms with van der Waals surface area (Å²) < 4.78 is 0. The quantitative estimate of drug-likeness (QED) is 0.726. The summed E-state index contributed by atoms with van der Waals surface area (Å²) in [5.41, 5.74) is 5.16. The van der Waals surface area contributed by atoms with Gasteiger partial charge in [0, 0.05) is 42.2 Å². The molecule has 2 heterocycles. The molecule has 1 saturated carbocycles. The SMILES string of the molecule is C=C(CC#N)N1CC=C(/C(=C/C(C)(C)NC(=O)C2CC2)c2cc[nH]c2C)C(C)C1. The van der Waals surface area contributed by atoms with Crippen molar-refractivity contribution in [3.05, 3.63) is 53.5 Å². The average molecular weight is 393 g/mol. The smallest absolute Gasteiger partial charge is 0.223 e. The first-order valence-corrected chi connectivity index (χ1v) is 10.4. The van der Waals surface area contributed by atoms with Gasteiger partial charge < -0.3 is 15.2 Å². The summed E-state index contributed by atoms with van der Waals surface area (Å²) in [6, 6.07) is 4.29. The van der Waals surface area contributed by atoms with E-state index in [9.17, 15) is 4.79 Å². The Kier molecular flexibility index (Phi) is 6.02. The molecule has 1 aliphatic carbocycles. The molecule has 1 aliphatic heterocycles. The predicted octanol–water partition coefficient (Wildman–Crippen LogP) is 4.32. The van der Waals surface area contributed by atoms with Crippen LogP contribution < -0.4 is 5.32 Å². The van der Waals surface area contributed by atoms with Crippen LogP contribution in [0.4, 0.5) is 0 Å². The number of amides is 1. The van der Waals surface area contributed by atoms with Gasteiger partial charge in [-0.05, 0) is 56.7 Å². The molecule has 5 nitrogen and oxygen atoms in total. The Morgan fingerprint density at radius 1 is 1.48 bits per heavy atom. The van der Waals surface area contributed by atoms with Gasteiger partial charge in [0.15, 0.2) is 0 Å². The molecule has 2 N–H and O–H groups in total. The molecule has 1 amide bonds. The van der Waals surface area contributed by atoms with E-state index in [4.69, 9.17) is 5.26 Å². The van der Waals surface area contributed by atoms with Crippen molar-refractivity contribution in [2.75, 3.05) is 13.1 Å². The van der Waals surface area contributed by atoms with Gasteiger partial charge in [-0.3, -0.25) is 4.79 Å². The second kappa shape index (κ2) is 8.32. The lowest BCUT2D eigenvalue weighted by Crippen LogP contribution is -2.43. The molecule has 1 aromatic heterocycles. The summed E-state index contributed by atoms with van der Waals surface area (Å²) in [5, 5.41) is 12.2. The lowest BCUT2D eigenvalue weighted by molar-refractivity contribution is -0.123. The van der Waals surface area contributed by atoms with Gasteiger partial charge in [0.05, 0.1) is 18.0 Å². The number of aromatic amines is 1. The number of hydrogen-bond donors (Lipinski definition) is 2. The topological polar surface area (TPSA) is 71.9 Å².